The van der Waals surface area contributed by atoms with Crippen LogP contribution in [0.1, 0.15) is 27.7 Å². The Morgan fingerprint density at radius 1 is 0.344 bits per heavy atom. The molecule has 0 atom stereocenters. The van der Waals surface area contributed by atoms with Gasteiger partial charge in [-0.2, -0.15) is 0 Å². The summed E-state index contributed by atoms with van der Waals surface area (Å²) in [5.74, 6) is 3.84. The smallest absolute Gasteiger partial charge is 0.399 e. The number of pyridine rings is 2. The molecule has 0 radical (unpaired) electrons. The number of nitrogens with zero attached hydrogens (tertiary/aromatic N) is 10. The first-order valence-electron chi connectivity index (χ1n) is 29.5. The first-order chi connectivity index (χ1) is 43.9. The van der Waals surface area contributed by atoms with E-state index in [1.165, 1.54) is 25.0 Å². The Bertz CT molecular complexity index is 5180. The highest BCUT2D eigenvalue weighted by Crippen LogP contribution is 2.39. The Kier molecular flexibility index (Phi) is 14.8. The van der Waals surface area contributed by atoms with Crippen LogP contribution in [-0.4, -0.2) is 67.0 Å². The van der Waals surface area contributed by atoms with Crippen molar-refractivity contribution in [1.29, 1.82) is 0 Å². The van der Waals surface area contributed by atoms with Crippen molar-refractivity contribution in [3.05, 3.63) is 260 Å². The van der Waals surface area contributed by atoms with Crippen LogP contribution in [-0.2, 0) is 9.31 Å². The first-order valence-corrected chi connectivity index (χ1v) is 31.9. The second kappa shape index (κ2) is 23.5. The normalized spacial score (nSPS) is 13.5. The average Bonchev–Trinajstić information content (AvgIpc) is 2.08. The third kappa shape index (κ3) is 11.0. The lowest BCUT2D eigenvalue weighted by Gasteiger charge is -2.32. The molecular formula is C74H54BBrN10O2S2. The fourth-order valence-electron chi connectivity index (χ4n) is 11.0. The molecule has 90 heavy (non-hydrogen) atoms. The summed E-state index contributed by atoms with van der Waals surface area (Å²) in [6.07, 6.45) is 4.25. The SMILES string of the molecule is Brc1ccc2nc3c4ccccc4sc3n2c1.CC1(C)OB(c2cccc(-c3nc(-c4ccccc4)nc(-c4ccccc4)n3)c2)OC1(C)C.c1ccc(-c2nc(-c3ccccc3)nc(-c3cccc(-c4ccc5nc6c7ccccc7sc6n5c4)c3)n2)cc1. The minimum Gasteiger partial charge on any atom is -0.399 e. The number of thiophene rings is 2. The van der Waals surface area contributed by atoms with Gasteiger partial charge >= 0.3 is 7.12 Å². The van der Waals surface area contributed by atoms with Crippen molar-refractivity contribution in [1.82, 2.24) is 48.7 Å². The number of hydrogen-bond acceptors (Lipinski definition) is 12. The molecule has 0 N–H and O–H groups in total. The van der Waals surface area contributed by atoms with Crippen molar-refractivity contribution in [2.24, 2.45) is 0 Å². The van der Waals surface area contributed by atoms with E-state index >= 15 is 0 Å². The van der Waals surface area contributed by atoms with Gasteiger partial charge in [-0.05, 0) is 103 Å². The fourth-order valence-corrected chi connectivity index (χ4v) is 13.6. The van der Waals surface area contributed by atoms with Crippen molar-refractivity contribution in [3.8, 4) is 79.5 Å². The summed E-state index contributed by atoms with van der Waals surface area (Å²) in [5, 5.41) is 2.44. The van der Waals surface area contributed by atoms with Crippen LogP contribution in [0, 0.1) is 0 Å². The highest BCUT2D eigenvalue weighted by molar-refractivity contribution is 9.10. The molecule has 1 saturated heterocycles. The fraction of sp³-hybridized carbons (Fsp3) is 0.0811. The van der Waals surface area contributed by atoms with Crippen molar-refractivity contribution in [2.75, 3.05) is 0 Å². The lowest BCUT2D eigenvalue weighted by atomic mass is 9.78. The Balaban J connectivity index is 0.000000121. The molecule has 0 amide bonds. The van der Waals surface area contributed by atoms with Crippen molar-refractivity contribution in [3.63, 3.8) is 0 Å². The molecule has 0 spiro atoms. The summed E-state index contributed by atoms with van der Waals surface area (Å²) in [7, 11) is -0.445. The predicted molar refractivity (Wildman–Crippen MR) is 371 cm³/mol. The predicted octanol–water partition coefficient (Wildman–Crippen LogP) is 18.2. The summed E-state index contributed by atoms with van der Waals surface area (Å²) in [6, 6.07) is 81.7. The topological polar surface area (TPSA) is 130 Å². The van der Waals surface area contributed by atoms with Crippen LogP contribution in [0.15, 0.2) is 260 Å². The molecule has 16 aromatic rings. The molecule has 0 unspecified atom stereocenters. The maximum Gasteiger partial charge on any atom is 0.494 e. The molecule has 434 valence electrons. The summed E-state index contributed by atoms with van der Waals surface area (Å²) in [4.78, 5) is 41.0. The Hall–Kier alpha value is -9.94. The van der Waals surface area contributed by atoms with Crippen molar-refractivity contribution >= 4 is 103 Å². The van der Waals surface area contributed by atoms with Gasteiger partial charge in [0.05, 0.1) is 11.2 Å². The summed E-state index contributed by atoms with van der Waals surface area (Å²) in [6.45, 7) is 8.23. The Labute approximate surface area is 535 Å². The Morgan fingerprint density at radius 3 is 1.18 bits per heavy atom. The summed E-state index contributed by atoms with van der Waals surface area (Å²) < 4.78 is 20.5. The monoisotopic (exact) mass is 1270 g/mol. The molecule has 8 aromatic carbocycles. The maximum atomic E-state index is 6.25. The molecule has 9 heterocycles. The summed E-state index contributed by atoms with van der Waals surface area (Å²) in [5.41, 5.74) is 12.1. The number of aromatic nitrogens is 10. The van der Waals surface area contributed by atoms with E-state index in [4.69, 9.17) is 49.2 Å². The quantitative estimate of drug-likeness (QED) is 0.136. The van der Waals surface area contributed by atoms with Gasteiger partial charge in [-0.25, -0.2) is 39.9 Å². The molecule has 1 aliphatic rings. The molecule has 0 aliphatic carbocycles. The molecule has 8 aromatic heterocycles. The number of halogens is 1. The van der Waals surface area contributed by atoms with Crippen LogP contribution in [0.2, 0.25) is 0 Å². The maximum absolute atomic E-state index is 6.25. The number of imidazole rings is 2. The van der Waals surface area contributed by atoms with Crippen LogP contribution < -0.4 is 5.46 Å². The third-order valence-electron chi connectivity index (χ3n) is 16.3. The second-order valence-corrected chi connectivity index (χ2v) is 25.8. The molecule has 1 aliphatic heterocycles. The lowest BCUT2D eigenvalue weighted by molar-refractivity contribution is 0.00578. The molecule has 0 saturated carbocycles. The van der Waals surface area contributed by atoms with E-state index in [1.807, 2.05) is 158 Å². The highest BCUT2D eigenvalue weighted by Gasteiger charge is 2.51. The van der Waals surface area contributed by atoms with E-state index in [2.05, 4.69) is 150 Å². The van der Waals surface area contributed by atoms with Crippen LogP contribution in [0.5, 0.6) is 0 Å². The third-order valence-corrected chi connectivity index (χ3v) is 19.1. The molecule has 16 heteroatoms. The van der Waals surface area contributed by atoms with Crippen LogP contribution in [0.3, 0.4) is 0 Å². The first kappa shape index (κ1) is 56.6. The average molecular weight is 1270 g/mol. The van der Waals surface area contributed by atoms with Crippen LogP contribution in [0.25, 0.3) is 132 Å². The zero-order valence-corrected chi connectivity index (χ0v) is 52.5. The number of rotatable bonds is 8. The van der Waals surface area contributed by atoms with E-state index in [1.54, 1.807) is 22.7 Å². The molecule has 12 nitrogen and oxygen atoms in total. The molecular weight excluding hydrogens is 1220 g/mol. The van der Waals surface area contributed by atoms with Gasteiger partial charge in [0, 0.05) is 70.4 Å². The van der Waals surface area contributed by atoms with Gasteiger partial charge in [0.15, 0.2) is 34.9 Å². The summed E-state index contributed by atoms with van der Waals surface area (Å²) >= 11 is 7.06. The van der Waals surface area contributed by atoms with Gasteiger partial charge in [-0.1, -0.05) is 200 Å². The number of fused-ring (bicyclic) bond motifs is 10. The lowest BCUT2D eigenvalue weighted by Crippen LogP contribution is -2.41. The van der Waals surface area contributed by atoms with Gasteiger partial charge in [0.1, 0.15) is 32.0 Å². The largest absolute Gasteiger partial charge is 0.494 e. The van der Waals surface area contributed by atoms with E-state index in [0.29, 0.717) is 34.9 Å². The second-order valence-electron chi connectivity index (χ2n) is 22.8. The zero-order valence-electron chi connectivity index (χ0n) is 49.3. The van der Waals surface area contributed by atoms with Crippen molar-refractivity contribution in [2.45, 2.75) is 38.9 Å². The minimum atomic E-state index is -0.445. The molecule has 1 fully saturated rings. The number of hydrogen-bond donors (Lipinski definition) is 0. The molecule has 0 bridgehead atoms. The highest BCUT2D eigenvalue weighted by atomic mass is 79.9. The Morgan fingerprint density at radius 2 is 0.711 bits per heavy atom. The van der Waals surface area contributed by atoms with E-state index in [-0.39, 0.29) is 0 Å². The standard InChI is InChI=1S/C34H21N5S.C27H26BN3O2.C13H7BrN2S/c1-3-10-22(11-4-1)31-36-32(23-12-5-2-6-13-23)38-33(37-31)25-15-9-14-24(20-25)26-18-19-29-35-30-27-16-7-8-17-28(27)40-34(30)39(29)21-26;1-26(2)27(3,4)33-28(32-26)22-17-11-16-21(18-22)25-30-23(19-12-7-5-8-13-19)29-24(31-25)20-14-9-6-10-15-20;14-8-5-6-11-15-12-9-3-1-2-4-10(9)17-13(12)16(11)7-8/h1-21H;5-18H,1-4H3;1-7H. The van der Waals surface area contributed by atoms with Crippen molar-refractivity contribution < 1.29 is 9.31 Å². The van der Waals surface area contributed by atoms with Crippen LogP contribution >= 0.6 is 38.6 Å². The minimum absolute atomic E-state index is 0.401. The zero-order chi connectivity index (χ0) is 60.9. The number of benzene rings is 8. The van der Waals surface area contributed by atoms with Gasteiger partial charge in [-0.3, -0.25) is 8.80 Å². The van der Waals surface area contributed by atoms with Gasteiger partial charge in [-0.15, -0.1) is 22.7 Å². The van der Waals surface area contributed by atoms with Gasteiger partial charge in [0.2, 0.25) is 0 Å². The van der Waals surface area contributed by atoms with Gasteiger partial charge < -0.3 is 9.31 Å². The molecule has 17 rings (SSSR count). The van der Waals surface area contributed by atoms with E-state index < -0.39 is 18.3 Å². The van der Waals surface area contributed by atoms with E-state index in [0.717, 1.165) is 81.6 Å². The van der Waals surface area contributed by atoms with E-state index in [9.17, 15) is 0 Å². The van der Waals surface area contributed by atoms with Crippen LogP contribution in [0.4, 0.5) is 0 Å². The van der Waals surface area contributed by atoms with Gasteiger partial charge in [0.25, 0.3) is 0 Å².